The molecule has 1 aromatic carbocycles. The molecule has 0 saturated heterocycles. The van der Waals surface area contributed by atoms with Crippen LogP contribution >= 0.6 is 0 Å². The van der Waals surface area contributed by atoms with Gasteiger partial charge in [0.15, 0.2) is 0 Å². The van der Waals surface area contributed by atoms with Crippen molar-refractivity contribution in [1.82, 2.24) is 0 Å². The van der Waals surface area contributed by atoms with Gasteiger partial charge >= 0.3 is 5.63 Å². The zero-order valence-electron chi connectivity index (χ0n) is 12.3. The first-order valence-electron chi connectivity index (χ1n) is 7.24. The van der Waals surface area contributed by atoms with Gasteiger partial charge in [-0.1, -0.05) is 0 Å². The summed E-state index contributed by atoms with van der Waals surface area (Å²) in [7, 11) is 0. The maximum atomic E-state index is 11.7. The van der Waals surface area contributed by atoms with Gasteiger partial charge in [-0.15, -0.1) is 0 Å². The lowest BCUT2D eigenvalue weighted by atomic mass is 10.1. The van der Waals surface area contributed by atoms with Crippen LogP contribution in [0.25, 0.3) is 11.0 Å². The van der Waals surface area contributed by atoms with Gasteiger partial charge < -0.3 is 19.3 Å². The Morgan fingerprint density at radius 3 is 2.91 bits per heavy atom. The summed E-state index contributed by atoms with van der Waals surface area (Å²) in [6.07, 6.45) is 2.51. The summed E-state index contributed by atoms with van der Waals surface area (Å²) in [6.45, 7) is 3.28. The van der Waals surface area contributed by atoms with Gasteiger partial charge in [0.25, 0.3) is 0 Å². The lowest BCUT2D eigenvalue weighted by Gasteiger charge is -2.07. The van der Waals surface area contributed by atoms with Gasteiger partial charge in [-0.2, -0.15) is 0 Å². The smallest absolute Gasteiger partial charge is 0.336 e. The van der Waals surface area contributed by atoms with Crippen LogP contribution in [0.2, 0.25) is 0 Å². The number of hydrogen-bond donors (Lipinski definition) is 2. The Balaban J connectivity index is 1.78. The van der Waals surface area contributed by atoms with E-state index < -0.39 is 5.63 Å². The fourth-order valence-corrected chi connectivity index (χ4v) is 2.54. The Bertz CT molecular complexity index is 834. The molecule has 0 aliphatic carbocycles. The second-order valence-corrected chi connectivity index (χ2v) is 5.29. The number of fused-ring (bicyclic) bond motifs is 1. The summed E-state index contributed by atoms with van der Waals surface area (Å²) in [5, 5.41) is 12.7. The summed E-state index contributed by atoms with van der Waals surface area (Å²) in [6, 6.07) is 8.76. The first kappa shape index (κ1) is 14.4. The number of benzene rings is 1. The monoisotopic (exact) mass is 300 g/mol. The predicted octanol–water partition coefficient (Wildman–Crippen LogP) is 1.71. The summed E-state index contributed by atoms with van der Waals surface area (Å²) in [5.74, 6) is 1.09. The molecular formula is C17H18NO4+. The number of aromatic hydroxyl groups is 1. The zero-order chi connectivity index (χ0) is 15.5. The number of rotatable bonds is 5. The van der Waals surface area contributed by atoms with E-state index in [2.05, 4.69) is 5.32 Å². The lowest BCUT2D eigenvalue weighted by Crippen LogP contribution is -2.83. The van der Waals surface area contributed by atoms with Crippen molar-refractivity contribution in [2.75, 3.05) is 6.54 Å². The molecule has 0 atom stereocenters. The molecule has 0 fully saturated rings. The van der Waals surface area contributed by atoms with Gasteiger partial charge in [0.1, 0.15) is 23.6 Å². The second kappa shape index (κ2) is 6.07. The third kappa shape index (κ3) is 2.89. The van der Waals surface area contributed by atoms with E-state index in [1.807, 2.05) is 12.1 Å². The summed E-state index contributed by atoms with van der Waals surface area (Å²) < 4.78 is 10.5. The van der Waals surface area contributed by atoms with Crippen LogP contribution < -0.4 is 10.9 Å². The Morgan fingerprint density at radius 1 is 1.27 bits per heavy atom. The highest BCUT2D eigenvalue weighted by molar-refractivity contribution is 5.84. The van der Waals surface area contributed by atoms with Crippen molar-refractivity contribution in [2.24, 2.45) is 0 Å². The van der Waals surface area contributed by atoms with Crippen molar-refractivity contribution < 1.29 is 19.3 Å². The van der Waals surface area contributed by atoms with E-state index in [0.717, 1.165) is 29.7 Å². The second-order valence-electron chi connectivity index (χ2n) is 5.29. The standard InChI is InChI=1S/C17H17NO4/c1-11-15(19)5-4-14-12(9-16(20)22-17(11)14)10-18-7-6-13-3-2-8-21-13/h2-5,8-9,18-19H,6-7,10H2,1H3/p+1. The molecule has 0 saturated carbocycles. The first-order valence-corrected chi connectivity index (χ1v) is 7.24. The van der Waals surface area contributed by atoms with Gasteiger partial charge in [-0.05, 0) is 31.2 Å². The summed E-state index contributed by atoms with van der Waals surface area (Å²) in [4.78, 5) is 11.7. The molecule has 3 aromatic rings. The van der Waals surface area contributed by atoms with Crippen molar-refractivity contribution in [3.8, 4) is 5.75 Å². The molecular weight excluding hydrogens is 282 g/mol. The fraction of sp³-hybridized carbons (Fsp3) is 0.235. The number of nitrogens with two attached hydrogens (primary N) is 1. The average Bonchev–Trinajstić information content (AvgIpc) is 3.01. The lowest BCUT2D eigenvalue weighted by molar-refractivity contribution is -0.670. The number of phenolic OH excluding ortho intramolecular Hbond substituents is 1. The minimum atomic E-state index is -0.393. The van der Waals surface area contributed by atoms with Crippen molar-refractivity contribution in [2.45, 2.75) is 19.9 Å². The van der Waals surface area contributed by atoms with Crippen LogP contribution in [0.5, 0.6) is 5.75 Å². The van der Waals surface area contributed by atoms with Gasteiger partial charge in [0.2, 0.25) is 0 Å². The van der Waals surface area contributed by atoms with Crippen LogP contribution in [0.4, 0.5) is 0 Å². The fourth-order valence-electron chi connectivity index (χ4n) is 2.54. The Morgan fingerprint density at radius 2 is 2.14 bits per heavy atom. The number of hydrogen-bond acceptors (Lipinski definition) is 4. The molecule has 0 bridgehead atoms. The quantitative estimate of drug-likeness (QED) is 0.555. The van der Waals surface area contributed by atoms with Gasteiger partial charge in [-0.25, -0.2) is 4.79 Å². The molecule has 0 aliphatic heterocycles. The molecule has 0 unspecified atom stereocenters. The van der Waals surface area contributed by atoms with Crippen molar-refractivity contribution in [3.63, 3.8) is 0 Å². The van der Waals surface area contributed by atoms with Crippen molar-refractivity contribution in [3.05, 3.63) is 63.9 Å². The average molecular weight is 300 g/mol. The molecule has 3 rings (SSSR count). The molecule has 0 aliphatic rings. The van der Waals surface area contributed by atoms with Crippen LogP contribution in [0.1, 0.15) is 16.9 Å². The molecule has 3 N–H and O–H groups in total. The number of phenols is 1. The molecule has 2 aromatic heterocycles. The maximum absolute atomic E-state index is 11.7. The molecule has 5 nitrogen and oxygen atoms in total. The van der Waals surface area contributed by atoms with Crippen molar-refractivity contribution >= 4 is 11.0 Å². The number of furan rings is 1. The third-order valence-corrected chi connectivity index (χ3v) is 3.76. The van der Waals surface area contributed by atoms with E-state index in [1.165, 1.54) is 6.07 Å². The molecule has 22 heavy (non-hydrogen) atoms. The van der Waals surface area contributed by atoms with Crippen LogP contribution in [-0.4, -0.2) is 11.7 Å². The normalized spacial score (nSPS) is 11.1. The maximum Gasteiger partial charge on any atom is 0.336 e. The van der Waals surface area contributed by atoms with Crippen LogP contribution in [-0.2, 0) is 13.0 Å². The molecule has 0 spiro atoms. The largest absolute Gasteiger partial charge is 0.508 e. The summed E-state index contributed by atoms with van der Waals surface area (Å²) in [5.41, 5.74) is 1.57. The Hall–Kier alpha value is -2.53. The minimum absolute atomic E-state index is 0.134. The SMILES string of the molecule is Cc1c(O)ccc2c(C[NH2+]CCc3ccco3)cc(=O)oc12. The van der Waals surface area contributed by atoms with E-state index in [-0.39, 0.29) is 5.75 Å². The highest BCUT2D eigenvalue weighted by atomic mass is 16.4. The highest BCUT2D eigenvalue weighted by Crippen LogP contribution is 2.26. The third-order valence-electron chi connectivity index (χ3n) is 3.76. The van der Waals surface area contributed by atoms with E-state index in [9.17, 15) is 9.90 Å². The number of aryl methyl sites for hydroxylation is 1. The van der Waals surface area contributed by atoms with Gasteiger partial charge in [-0.3, -0.25) is 0 Å². The van der Waals surface area contributed by atoms with Crippen LogP contribution in [0.3, 0.4) is 0 Å². The van der Waals surface area contributed by atoms with E-state index in [0.29, 0.717) is 17.7 Å². The van der Waals surface area contributed by atoms with Gasteiger partial charge in [0.05, 0.1) is 19.2 Å². The molecule has 0 radical (unpaired) electrons. The number of quaternary nitrogens is 1. The van der Waals surface area contributed by atoms with Crippen molar-refractivity contribution in [1.29, 1.82) is 0 Å². The highest BCUT2D eigenvalue weighted by Gasteiger charge is 2.11. The zero-order valence-corrected chi connectivity index (χ0v) is 12.3. The van der Waals surface area contributed by atoms with E-state index in [1.54, 1.807) is 25.3 Å². The molecule has 0 amide bonds. The molecule has 114 valence electrons. The minimum Gasteiger partial charge on any atom is -0.508 e. The Labute approximate surface area is 127 Å². The molecule has 2 heterocycles. The van der Waals surface area contributed by atoms with Crippen LogP contribution in [0.15, 0.2) is 50.2 Å². The summed E-state index contributed by atoms with van der Waals surface area (Å²) >= 11 is 0. The molecule has 5 heteroatoms. The predicted molar refractivity (Wildman–Crippen MR) is 81.8 cm³/mol. The van der Waals surface area contributed by atoms with Crippen LogP contribution in [0, 0.1) is 6.92 Å². The first-order chi connectivity index (χ1) is 10.6. The van der Waals surface area contributed by atoms with E-state index in [4.69, 9.17) is 8.83 Å². The topological polar surface area (TPSA) is 80.2 Å². The van der Waals surface area contributed by atoms with Gasteiger partial charge in [0, 0.05) is 22.6 Å². The Kier molecular flexibility index (Phi) is 3.98. The van der Waals surface area contributed by atoms with E-state index >= 15 is 0 Å².